The molecule has 0 bridgehead atoms. The van der Waals surface area contributed by atoms with E-state index in [-0.39, 0.29) is 30.4 Å². The molecule has 0 saturated carbocycles. The highest BCUT2D eigenvalue weighted by Gasteiger charge is 2.32. The van der Waals surface area contributed by atoms with Gasteiger partial charge in [0.15, 0.2) is 5.82 Å². The summed E-state index contributed by atoms with van der Waals surface area (Å²) in [5.41, 5.74) is 1.02. The highest BCUT2D eigenvalue weighted by Crippen LogP contribution is 2.26. The van der Waals surface area contributed by atoms with Crippen molar-refractivity contribution in [2.24, 2.45) is 0 Å². The number of hydrogen-bond acceptors (Lipinski definition) is 7. The molecular weight excluding hydrogens is 407 g/mol. The molecule has 11 heteroatoms. The van der Waals surface area contributed by atoms with E-state index >= 15 is 0 Å². The second-order valence-corrected chi connectivity index (χ2v) is 6.93. The minimum absolute atomic E-state index is 0.0954. The van der Waals surface area contributed by atoms with E-state index < -0.39 is 24.1 Å². The molecule has 0 spiro atoms. The largest absolute Gasteiger partial charge is 0.442 e. The van der Waals surface area contributed by atoms with Crippen molar-refractivity contribution in [3.8, 4) is 5.69 Å². The van der Waals surface area contributed by atoms with Crippen LogP contribution in [0.1, 0.15) is 24.4 Å². The number of aliphatic hydroxyl groups is 1. The van der Waals surface area contributed by atoms with Crippen LogP contribution in [0.4, 0.5) is 14.9 Å². The molecule has 31 heavy (non-hydrogen) atoms. The molecule has 2 atom stereocenters. The lowest BCUT2D eigenvalue weighted by Gasteiger charge is -2.14. The molecular formula is C20H19FN6O4. The third kappa shape index (κ3) is 4.36. The molecule has 0 aliphatic carbocycles. The summed E-state index contributed by atoms with van der Waals surface area (Å²) in [4.78, 5) is 28.5. The monoisotopic (exact) mass is 426 g/mol. The molecule has 1 fully saturated rings. The van der Waals surface area contributed by atoms with Gasteiger partial charge in [-0.15, -0.1) is 5.10 Å². The number of aliphatic hydroxyl groups excluding tert-OH is 1. The van der Waals surface area contributed by atoms with E-state index in [2.05, 4.69) is 20.6 Å². The number of pyridine rings is 1. The number of amides is 2. The lowest BCUT2D eigenvalue weighted by atomic mass is 10.2. The van der Waals surface area contributed by atoms with Crippen LogP contribution in [-0.2, 0) is 9.53 Å². The summed E-state index contributed by atoms with van der Waals surface area (Å²) in [7, 11) is 0. The van der Waals surface area contributed by atoms with E-state index in [1.165, 1.54) is 34.8 Å². The normalized spacial score (nSPS) is 16.8. The molecule has 1 aliphatic heterocycles. The lowest BCUT2D eigenvalue weighted by molar-refractivity contribution is -0.119. The van der Waals surface area contributed by atoms with Gasteiger partial charge in [-0.25, -0.2) is 13.9 Å². The number of rotatable bonds is 6. The smallest absolute Gasteiger partial charge is 0.414 e. The second kappa shape index (κ2) is 8.48. The summed E-state index contributed by atoms with van der Waals surface area (Å²) >= 11 is 0. The Balaban J connectivity index is 1.50. The van der Waals surface area contributed by atoms with Crippen LogP contribution in [0, 0.1) is 5.82 Å². The zero-order valence-electron chi connectivity index (χ0n) is 16.5. The Bertz CT molecular complexity index is 1110. The van der Waals surface area contributed by atoms with Crippen LogP contribution in [0.25, 0.3) is 5.69 Å². The molecule has 160 valence electrons. The van der Waals surface area contributed by atoms with Crippen LogP contribution in [-0.4, -0.2) is 56.3 Å². The minimum atomic E-state index is -1.10. The first-order valence-electron chi connectivity index (χ1n) is 9.46. The van der Waals surface area contributed by atoms with Crippen molar-refractivity contribution in [1.29, 1.82) is 0 Å². The molecule has 4 rings (SSSR count). The van der Waals surface area contributed by atoms with Crippen molar-refractivity contribution in [3.05, 3.63) is 66.0 Å². The van der Waals surface area contributed by atoms with Gasteiger partial charge in [-0.05, 0) is 30.3 Å². The van der Waals surface area contributed by atoms with Crippen molar-refractivity contribution in [1.82, 2.24) is 25.3 Å². The van der Waals surface area contributed by atoms with Gasteiger partial charge >= 0.3 is 6.09 Å². The van der Waals surface area contributed by atoms with Crippen molar-refractivity contribution in [3.63, 3.8) is 0 Å². The van der Waals surface area contributed by atoms with Gasteiger partial charge in [0.05, 0.1) is 30.7 Å². The van der Waals surface area contributed by atoms with Crippen LogP contribution in [0.3, 0.4) is 0 Å². The van der Waals surface area contributed by atoms with E-state index in [9.17, 15) is 19.1 Å². The van der Waals surface area contributed by atoms with Gasteiger partial charge in [-0.2, -0.15) is 0 Å². The Hall–Kier alpha value is -3.86. The Labute approximate surface area is 176 Å². The number of aromatic nitrogens is 4. The maximum Gasteiger partial charge on any atom is 0.414 e. The van der Waals surface area contributed by atoms with Crippen LogP contribution >= 0.6 is 0 Å². The molecule has 2 amide bonds. The fraction of sp³-hybridized carbons (Fsp3) is 0.250. The van der Waals surface area contributed by atoms with Crippen molar-refractivity contribution >= 4 is 17.7 Å². The van der Waals surface area contributed by atoms with E-state index in [0.29, 0.717) is 11.4 Å². The Morgan fingerprint density at radius 3 is 2.90 bits per heavy atom. The molecule has 10 nitrogen and oxygen atoms in total. The van der Waals surface area contributed by atoms with Gasteiger partial charge in [-0.1, -0.05) is 11.3 Å². The highest BCUT2D eigenvalue weighted by atomic mass is 19.1. The number of carbonyl (C=O) groups is 2. The standard InChI is InChI=1S/C20H19FN6O4/c1-12(28)23-9-14-10-26(20(30)31-14)13-5-6-18(15(21)8-13)27-11-17(24-25-27)19(29)16-4-2-3-7-22-16/h2-8,11,14,19,29H,9-10H2,1H3,(H,23,28). The summed E-state index contributed by atoms with van der Waals surface area (Å²) in [6.45, 7) is 1.73. The van der Waals surface area contributed by atoms with Gasteiger partial charge in [0.2, 0.25) is 5.91 Å². The van der Waals surface area contributed by atoms with Gasteiger partial charge in [0, 0.05) is 13.1 Å². The summed E-state index contributed by atoms with van der Waals surface area (Å²) in [5, 5.41) is 20.8. The van der Waals surface area contributed by atoms with Gasteiger partial charge in [0.25, 0.3) is 0 Å². The molecule has 1 saturated heterocycles. The number of carbonyl (C=O) groups excluding carboxylic acids is 2. The van der Waals surface area contributed by atoms with E-state index in [1.54, 1.807) is 30.5 Å². The molecule has 0 radical (unpaired) electrons. The molecule has 1 aliphatic rings. The zero-order chi connectivity index (χ0) is 22.0. The number of ether oxygens (including phenoxy) is 1. The number of halogens is 1. The number of nitrogens with zero attached hydrogens (tertiary/aromatic N) is 5. The fourth-order valence-corrected chi connectivity index (χ4v) is 3.15. The molecule has 2 N–H and O–H groups in total. The Morgan fingerprint density at radius 1 is 1.35 bits per heavy atom. The molecule has 1 aromatic carbocycles. The number of nitrogens with one attached hydrogen (secondary N) is 1. The molecule has 3 heterocycles. The van der Waals surface area contributed by atoms with Gasteiger partial charge in [0.1, 0.15) is 23.6 Å². The Kier molecular flexibility index (Phi) is 5.58. The molecule has 2 aromatic heterocycles. The maximum atomic E-state index is 14.8. The average molecular weight is 426 g/mol. The summed E-state index contributed by atoms with van der Waals surface area (Å²) in [6.07, 6.45) is 0.711. The van der Waals surface area contributed by atoms with Crippen LogP contribution in [0.5, 0.6) is 0 Å². The van der Waals surface area contributed by atoms with Crippen LogP contribution < -0.4 is 10.2 Å². The highest BCUT2D eigenvalue weighted by molar-refractivity contribution is 5.90. The number of cyclic esters (lactones) is 1. The third-order valence-electron chi connectivity index (χ3n) is 4.70. The van der Waals surface area contributed by atoms with Crippen molar-refractivity contribution in [2.75, 3.05) is 18.0 Å². The van der Waals surface area contributed by atoms with E-state index in [1.807, 2.05) is 0 Å². The number of benzene rings is 1. The fourth-order valence-electron chi connectivity index (χ4n) is 3.15. The average Bonchev–Trinajstić information content (AvgIpc) is 3.39. The number of anilines is 1. The Morgan fingerprint density at radius 2 is 2.19 bits per heavy atom. The topological polar surface area (TPSA) is 122 Å². The van der Waals surface area contributed by atoms with E-state index in [0.717, 1.165) is 0 Å². The predicted molar refractivity (Wildman–Crippen MR) is 106 cm³/mol. The van der Waals surface area contributed by atoms with Crippen LogP contribution in [0.2, 0.25) is 0 Å². The predicted octanol–water partition coefficient (Wildman–Crippen LogP) is 1.34. The summed E-state index contributed by atoms with van der Waals surface area (Å²) < 4.78 is 21.2. The third-order valence-corrected chi connectivity index (χ3v) is 4.70. The van der Waals surface area contributed by atoms with Crippen molar-refractivity contribution < 1.29 is 23.8 Å². The lowest BCUT2D eigenvalue weighted by Crippen LogP contribution is -2.33. The van der Waals surface area contributed by atoms with Gasteiger partial charge in [-0.3, -0.25) is 14.7 Å². The van der Waals surface area contributed by atoms with E-state index in [4.69, 9.17) is 4.74 Å². The first-order chi connectivity index (χ1) is 14.9. The SMILES string of the molecule is CC(=O)NCC1CN(c2ccc(-n3cc(C(O)c4ccccn4)nn3)c(F)c2)C(=O)O1. The molecule has 2 unspecified atom stereocenters. The van der Waals surface area contributed by atoms with Gasteiger partial charge < -0.3 is 15.2 Å². The summed E-state index contributed by atoms with van der Waals surface area (Å²) in [6, 6.07) is 9.30. The quantitative estimate of drug-likeness (QED) is 0.610. The first-order valence-corrected chi connectivity index (χ1v) is 9.46. The second-order valence-electron chi connectivity index (χ2n) is 6.93. The molecule has 3 aromatic rings. The zero-order valence-corrected chi connectivity index (χ0v) is 16.5. The maximum absolute atomic E-state index is 14.8. The number of hydrogen-bond donors (Lipinski definition) is 2. The summed E-state index contributed by atoms with van der Waals surface area (Å²) in [5.74, 6) is -0.871. The van der Waals surface area contributed by atoms with Crippen LogP contribution in [0.15, 0.2) is 48.8 Å². The van der Waals surface area contributed by atoms with Crippen molar-refractivity contribution in [2.45, 2.75) is 19.1 Å². The first kappa shape index (κ1) is 20.4. The minimum Gasteiger partial charge on any atom is -0.442 e.